The number of anilines is 2. The van der Waals surface area contributed by atoms with Gasteiger partial charge in [-0.3, -0.25) is 0 Å². The van der Waals surface area contributed by atoms with Crippen molar-refractivity contribution < 1.29 is 0 Å². The molecule has 0 aromatic heterocycles. The largest absolute Gasteiger partial charge is 0.398 e. The Morgan fingerprint density at radius 2 is 1.80 bits per heavy atom. The number of hydrogen-bond donors (Lipinski definition) is 2. The summed E-state index contributed by atoms with van der Waals surface area (Å²) in [6.45, 7) is 0.654. The van der Waals surface area contributed by atoms with Crippen LogP contribution in [0.15, 0.2) is 42.5 Å². The van der Waals surface area contributed by atoms with Gasteiger partial charge < -0.3 is 11.1 Å². The Hall–Kier alpha value is -2.98. The van der Waals surface area contributed by atoms with Crippen molar-refractivity contribution in [2.75, 3.05) is 11.1 Å². The lowest BCUT2D eigenvalue weighted by Gasteiger charge is -2.09. The Labute approximate surface area is 118 Å². The molecule has 0 unspecified atom stereocenters. The smallest absolute Gasteiger partial charge is 0.0991 e. The molecule has 2 aromatic rings. The first-order valence-corrected chi connectivity index (χ1v) is 6.21. The molecule has 3 N–H and O–H groups in total. The molecule has 0 radical (unpaired) electrons. The van der Waals surface area contributed by atoms with E-state index in [1.807, 2.05) is 24.3 Å². The molecule has 0 heterocycles. The van der Waals surface area contributed by atoms with Gasteiger partial charge >= 0.3 is 0 Å². The Morgan fingerprint density at radius 3 is 2.45 bits per heavy atom. The maximum Gasteiger partial charge on any atom is 0.0991 e. The van der Waals surface area contributed by atoms with Crippen molar-refractivity contribution >= 4 is 11.4 Å². The number of nitrogen functional groups attached to an aromatic ring is 1. The van der Waals surface area contributed by atoms with Gasteiger partial charge in [0.1, 0.15) is 0 Å². The molecule has 0 saturated carbocycles. The van der Waals surface area contributed by atoms with Crippen molar-refractivity contribution in [3.8, 4) is 12.1 Å². The summed E-state index contributed by atoms with van der Waals surface area (Å²) in [5, 5.41) is 20.8. The fraction of sp³-hybridized carbons (Fsp3) is 0.125. The van der Waals surface area contributed by atoms with Crippen molar-refractivity contribution in [2.45, 2.75) is 13.0 Å². The highest BCUT2D eigenvalue weighted by Crippen LogP contribution is 2.19. The van der Waals surface area contributed by atoms with E-state index in [0.29, 0.717) is 24.2 Å². The highest BCUT2D eigenvalue weighted by atomic mass is 14.9. The van der Waals surface area contributed by atoms with E-state index in [1.54, 1.807) is 18.2 Å². The first kappa shape index (κ1) is 13.5. The lowest BCUT2D eigenvalue weighted by molar-refractivity contribution is 1.14. The number of benzene rings is 2. The second-order valence-corrected chi connectivity index (χ2v) is 4.41. The van der Waals surface area contributed by atoms with E-state index in [0.717, 1.165) is 16.8 Å². The van der Waals surface area contributed by atoms with Gasteiger partial charge in [-0.25, -0.2) is 0 Å². The van der Waals surface area contributed by atoms with Crippen molar-refractivity contribution in [1.82, 2.24) is 0 Å². The van der Waals surface area contributed by atoms with E-state index in [9.17, 15) is 0 Å². The van der Waals surface area contributed by atoms with Crippen molar-refractivity contribution in [2.24, 2.45) is 0 Å². The maximum absolute atomic E-state index is 8.74. The fourth-order valence-electron chi connectivity index (χ4n) is 1.86. The van der Waals surface area contributed by atoms with E-state index >= 15 is 0 Å². The highest BCUT2D eigenvalue weighted by Gasteiger charge is 2.01. The lowest BCUT2D eigenvalue weighted by Crippen LogP contribution is -2.01. The Morgan fingerprint density at radius 1 is 1.05 bits per heavy atom. The minimum Gasteiger partial charge on any atom is -0.398 e. The monoisotopic (exact) mass is 262 g/mol. The van der Waals surface area contributed by atoms with Crippen molar-refractivity contribution in [3.63, 3.8) is 0 Å². The van der Waals surface area contributed by atoms with Crippen LogP contribution in [0.5, 0.6) is 0 Å². The fourth-order valence-corrected chi connectivity index (χ4v) is 1.86. The van der Waals surface area contributed by atoms with Crippen molar-refractivity contribution in [3.05, 3.63) is 59.2 Å². The standard InChI is InChI=1S/C16H14N4/c17-8-7-14-9-15(5-6-16(14)19)20-11-13-3-1-12(10-18)2-4-13/h1-6,9,20H,7,11,19H2. The van der Waals surface area contributed by atoms with Gasteiger partial charge in [0.05, 0.1) is 24.1 Å². The number of nitrogens with two attached hydrogens (primary N) is 1. The molecule has 0 atom stereocenters. The van der Waals surface area contributed by atoms with E-state index in [2.05, 4.69) is 17.5 Å². The zero-order valence-corrected chi connectivity index (χ0v) is 10.9. The molecule has 4 nitrogen and oxygen atoms in total. The summed E-state index contributed by atoms with van der Waals surface area (Å²) in [5.74, 6) is 0. The normalized spacial score (nSPS) is 9.50. The minimum atomic E-state index is 0.304. The van der Waals surface area contributed by atoms with Crippen LogP contribution in [0.4, 0.5) is 11.4 Å². The number of nitrogens with one attached hydrogen (secondary N) is 1. The molecule has 0 aliphatic carbocycles. The predicted octanol–water partition coefficient (Wildman–Crippen LogP) is 2.82. The van der Waals surface area contributed by atoms with Gasteiger partial charge in [0.2, 0.25) is 0 Å². The zero-order chi connectivity index (χ0) is 14.4. The van der Waals surface area contributed by atoms with Gasteiger partial charge in [-0.05, 0) is 41.5 Å². The molecular weight excluding hydrogens is 248 g/mol. The SMILES string of the molecule is N#CCc1cc(NCc2ccc(C#N)cc2)ccc1N. The number of hydrogen-bond acceptors (Lipinski definition) is 4. The molecule has 2 aromatic carbocycles. The summed E-state index contributed by atoms with van der Waals surface area (Å²) >= 11 is 0. The molecule has 4 heteroatoms. The highest BCUT2D eigenvalue weighted by molar-refractivity contribution is 5.58. The molecule has 98 valence electrons. The van der Waals surface area contributed by atoms with E-state index in [1.165, 1.54) is 0 Å². The van der Waals surface area contributed by atoms with Crippen LogP contribution in [0.25, 0.3) is 0 Å². The Bertz CT molecular complexity index is 675. The second-order valence-electron chi connectivity index (χ2n) is 4.41. The van der Waals surface area contributed by atoms with Crippen LogP contribution in [0.1, 0.15) is 16.7 Å². The number of nitrogens with zero attached hydrogens (tertiary/aromatic N) is 2. The maximum atomic E-state index is 8.74. The van der Waals surface area contributed by atoms with Crippen LogP contribution in [-0.4, -0.2) is 0 Å². The Balaban J connectivity index is 2.05. The third-order valence-corrected chi connectivity index (χ3v) is 2.99. The van der Waals surface area contributed by atoms with Crippen LogP contribution in [0, 0.1) is 22.7 Å². The van der Waals surface area contributed by atoms with Crippen LogP contribution >= 0.6 is 0 Å². The molecule has 0 bridgehead atoms. The molecule has 20 heavy (non-hydrogen) atoms. The van der Waals surface area contributed by atoms with Crippen LogP contribution in [-0.2, 0) is 13.0 Å². The molecule has 0 aliphatic rings. The van der Waals surface area contributed by atoms with E-state index in [-0.39, 0.29) is 0 Å². The third kappa shape index (κ3) is 3.28. The lowest BCUT2D eigenvalue weighted by atomic mass is 10.1. The van der Waals surface area contributed by atoms with Crippen LogP contribution < -0.4 is 11.1 Å². The van der Waals surface area contributed by atoms with Crippen LogP contribution in [0.2, 0.25) is 0 Å². The van der Waals surface area contributed by atoms with Gasteiger partial charge in [0.25, 0.3) is 0 Å². The molecule has 0 aliphatic heterocycles. The topological polar surface area (TPSA) is 85.6 Å². The zero-order valence-electron chi connectivity index (χ0n) is 10.9. The Kier molecular flexibility index (Phi) is 4.21. The predicted molar refractivity (Wildman–Crippen MR) is 78.7 cm³/mol. The third-order valence-electron chi connectivity index (χ3n) is 2.99. The van der Waals surface area contributed by atoms with Gasteiger partial charge in [0, 0.05) is 17.9 Å². The summed E-state index contributed by atoms with van der Waals surface area (Å²) in [4.78, 5) is 0. The summed E-state index contributed by atoms with van der Waals surface area (Å²) in [5.41, 5.74) is 9.93. The summed E-state index contributed by atoms with van der Waals surface area (Å²) in [7, 11) is 0. The van der Waals surface area contributed by atoms with Crippen molar-refractivity contribution in [1.29, 1.82) is 10.5 Å². The number of rotatable bonds is 4. The van der Waals surface area contributed by atoms with Gasteiger partial charge in [-0.1, -0.05) is 12.1 Å². The van der Waals surface area contributed by atoms with E-state index < -0.39 is 0 Å². The van der Waals surface area contributed by atoms with Gasteiger partial charge in [0.15, 0.2) is 0 Å². The molecule has 0 saturated heterocycles. The second kappa shape index (κ2) is 6.26. The van der Waals surface area contributed by atoms with Gasteiger partial charge in [-0.15, -0.1) is 0 Å². The van der Waals surface area contributed by atoms with Gasteiger partial charge in [-0.2, -0.15) is 10.5 Å². The first-order valence-electron chi connectivity index (χ1n) is 6.21. The van der Waals surface area contributed by atoms with Crippen LogP contribution in [0.3, 0.4) is 0 Å². The molecule has 0 amide bonds. The molecular formula is C16H14N4. The summed E-state index contributed by atoms with van der Waals surface area (Å²) in [6.07, 6.45) is 0.304. The first-order chi connectivity index (χ1) is 9.72. The molecule has 0 spiro atoms. The average molecular weight is 262 g/mol. The van der Waals surface area contributed by atoms with E-state index in [4.69, 9.17) is 16.3 Å². The quantitative estimate of drug-likeness (QED) is 0.829. The molecule has 2 rings (SSSR count). The number of nitriles is 2. The summed E-state index contributed by atoms with van der Waals surface area (Å²) in [6, 6.07) is 17.2. The average Bonchev–Trinajstić information content (AvgIpc) is 2.49. The molecule has 0 fully saturated rings. The minimum absolute atomic E-state index is 0.304. The summed E-state index contributed by atoms with van der Waals surface area (Å²) < 4.78 is 0.